The van der Waals surface area contributed by atoms with E-state index in [0.717, 1.165) is 6.42 Å². The van der Waals surface area contributed by atoms with Gasteiger partial charge in [-0.2, -0.15) is 0 Å². The van der Waals surface area contributed by atoms with Crippen LogP contribution in [0.5, 0.6) is 0 Å². The maximum atomic E-state index is 12.5. The van der Waals surface area contributed by atoms with Gasteiger partial charge in [0.25, 0.3) is 0 Å². The van der Waals surface area contributed by atoms with Crippen molar-refractivity contribution in [1.82, 2.24) is 4.23 Å². The summed E-state index contributed by atoms with van der Waals surface area (Å²) in [6, 6.07) is 12.8. The molecule has 1 aliphatic rings. The van der Waals surface area contributed by atoms with Crippen molar-refractivity contribution in [2.75, 3.05) is 7.11 Å². The molecule has 0 saturated carbocycles. The Kier molecular flexibility index (Phi) is 4.75. The molecular weight excluding hydrogens is 294 g/mol. The molecule has 1 atom stereocenters. The third-order valence-electron chi connectivity index (χ3n) is 4.71. The van der Waals surface area contributed by atoms with Gasteiger partial charge >= 0.3 is 5.97 Å². The SMILES string of the molecule is COC(=O)[C@H](Cc1ccccc1)N1[Si](C)(C)CC[Si]1(C)C. The van der Waals surface area contributed by atoms with Gasteiger partial charge in [-0.3, -0.25) is 4.79 Å². The minimum absolute atomic E-state index is 0.0677. The average Bonchev–Trinajstić information content (AvgIpc) is 2.66. The van der Waals surface area contributed by atoms with Gasteiger partial charge in [-0.05, 0) is 24.1 Å². The fraction of sp³-hybridized carbons (Fsp3) is 0.562. The Labute approximate surface area is 130 Å². The second-order valence-electron chi connectivity index (χ2n) is 7.22. The molecule has 1 fully saturated rings. The van der Waals surface area contributed by atoms with E-state index in [1.807, 2.05) is 18.2 Å². The summed E-state index contributed by atoms with van der Waals surface area (Å²) in [5.41, 5.74) is 1.22. The number of esters is 1. The number of ether oxygens (including phenoxy) is 1. The van der Waals surface area contributed by atoms with E-state index in [1.54, 1.807) is 0 Å². The summed E-state index contributed by atoms with van der Waals surface area (Å²) in [7, 11) is -1.50. The van der Waals surface area contributed by atoms with Crippen LogP contribution in [-0.4, -0.2) is 39.8 Å². The lowest BCUT2D eigenvalue weighted by molar-refractivity contribution is -0.144. The minimum atomic E-state index is -1.51. The highest BCUT2D eigenvalue weighted by Gasteiger charge is 2.52. The summed E-state index contributed by atoms with van der Waals surface area (Å²) in [4.78, 5) is 12.5. The first kappa shape index (κ1) is 16.5. The van der Waals surface area contributed by atoms with Crippen LogP contribution in [0.2, 0.25) is 38.3 Å². The van der Waals surface area contributed by atoms with Gasteiger partial charge in [-0.1, -0.05) is 56.5 Å². The molecule has 116 valence electrons. The van der Waals surface area contributed by atoms with Crippen molar-refractivity contribution in [1.29, 1.82) is 0 Å². The number of carbonyl (C=O) groups excluding carboxylic acids is 1. The first-order valence-electron chi connectivity index (χ1n) is 7.69. The van der Waals surface area contributed by atoms with Crippen LogP contribution < -0.4 is 0 Å². The van der Waals surface area contributed by atoms with Gasteiger partial charge in [-0.15, -0.1) is 0 Å². The third-order valence-corrected chi connectivity index (χ3v) is 15.0. The Bertz CT molecular complexity index is 486. The lowest BCUT2D eigenvalue weighted by Gasteiger charge is -2.43. The van der Waals surface area contributed by atoms with Crippen LogP contribution in [0.4, 0.5) is 0 Å². The van der Waals surface area contributed by atoms with Crippen molar-refractivity contribution in [3.8, 4) is 0 Å². The second-order valence-corrected chi connectivity index (χ2v) is 16.9. The van der Waals surface area contributed by atoms with Gasteiger partial charge in [0.05, 0.1) is 7.11 Å². The Hall–Kier alpha value is -0.916. The Morgan fingerprint density at radius 3 is 2.14 bits per heavy atom. The van der Waals surface area contributed by atoms with E-state index in [9.17, 15) is 4.79 Å². The lowest BCUT2D eigenvalue weighted by atomic mass is 10.1. The van der Waals surface area contributed by atoms with Crippen molar-refractivity contribution in [2.24, 2.45) is 0 Å². The summed E-state index contributed by atoms with van der Waals surface area (Å²) in [5, 5.41) is 0. The molecule has 1 saturated heterocycles. The fourth-order valence-corrected chi connectivity index (χ4v) is 18.5. The summed E-state index contributed by atoms with van der Waals surface area (Å²) in [6.45, 7) is 9.59. The molecule has 0 aliphatic carbocycles. The van der Waals surface area contributed by atoms with Crippen molar-refractivity contribution < 1.29 is 9.53 Å². The summed E-state index contributed by atoms with van der Waals surface area (Å²) < 4.78 is 7.79. The van der Waals surface area contributed by atoms with Crippen molar-refractivity contribution in [3.05, 3.63) is 35.9 Å². The van der Waals surface area contributed by atoms with E-state index in [-0.39, 0.29) is 12.0 Å². The molecule has 0 radical (unpaired) electrons. The first-order valence-corrected chi connectivity index (χ1v) is 14.0. The molecule has 1 aromatic rings. The molecule has 2 rings (SSSR count). The Balaban J connectivity index is 2.34. The molecular formula is C16H27NO2Si2. The number of carbonyl (C=O) groups is 1. The zero-order valence-corrected chi connectivity index (χ0v) is 15.8. The third kappa shape index (κ3) is 3.47. The van der Waals surface area contributed by atoms with Crippen molar-refractivity contribution in [2.45, 2.75) is 50.7 Å². The largest absolute Gasteiger partial charge is 0.468 e. The molecule has 0 amide bonds. The second kappa shape index (κ2) is 6.06. The molecule has 5 heteroatoms. The molecule has 1 heterocycles. The highest BCUT2D eigenvalue weighted by atomic mass is 28.4. The van der Waals surface area contributed by atoms with Crippen molar-refractivity contribution >= 4 is 22.4 Å². The summed E-state index contributed by atoms with van der Waals surface area (Å²) in [6.07, 6.45) is 0.764. The molecule has 0 N–H and O–H groups in total. The van der Waals surface area contributed by atoms with Gasteiger partial charge in [-0.25, -0.2) is 0 Å². The lowest BCUT2D eigenvalue weighted by Crippen LogP contribution is -2.62. The van der Waals surface area contributed by atoms with E-state index in [4.69, 9.17) is 4.74 Å². The molecule has 0 unspecified atom stereocenters. The molecule has 1 aromatic carbocycles. The number of methoxy groups -OCH3 is 1. The number of hydrogen-bond acceptors (Lipinski definition) is 3. The van der Waals surface area contributed by atoms with Gasteiger partial charge < -0.3 is 8.97 Å². The van der Waals surface area contributed by atoms with Crippen LogP contribution in [0.25, 0.3) is 0 Å². The first-order chi connectivity index (χ1) is 9.78. The van der Waals surface area contributed by atoms with E-state index in [0.29, 0.717) is 0 Å². The van der Waals surface area contributed by atoms with Crippen LogP contribution in [-0.2, 0) is 16.0 Å². The zero-order valence-electron chi connectivity index (χ0n) is 13.8. The molecule has 0 aromatic heterocycles. The standard InChI is InChI=1S/C16H27NO2Si2/c1-19-16(18)15(13-14-9-7-6-8-10-14)17-20(2,3)11-12-21(17,4)5/h6-10,15H,11-13H2,1-5H3/t15-/m0/s1. The Morgan fingerprint density at radius 2 is 1.67 bits per heavy atom. The predicted octanol–water partition coefficient (Wildman–Crippen LogP) is 3.50. The minimum Gasteiger partial charge on any atom is -0.468 e. The average molecular weight is 322 g/mol. The number of nitrogens with zero attached hydrogens (tertiary/aromatic N) is 1. The topological polar surface area (TPSA) is 29.5 Å². The van der Waals surface area contributed by atoms with Gasteiger partial charge in [0.1, 0.15) is 22.5 Å². The number of benzene rings is 1. The van der Waals surface area contributed by atoms with Crippen LogP contribution in [0.3, 0.4) is 0 Å². The number of rotatable bonds is 4. The smallest absolute Gasteiger partial charge is 0.322 e. The van der Waals surface area contributed by atoms with Gasteiger partial charge in [0.2, 0.25) is 0 Å². The van der Waals surface area contributed by atoms with Gasteiger partial charge in [0, 0.05) is 0 Å². The highest BCUT2D eigenvalue weighted by Crippen LogP contribution is 2.39. The maximum Gasteiger partial charge on any atom is 0.322 e. The Morgan fingerprint density at radius 1 is 1.14 bits per heavy atom. The van der Waals surface area contributed by atoms with E-state index in [1.165, 1.54) is 24.8 Å². The van der Waals surface area contributed by atoms with Crippen LogP contribution in [0.15, 0.2) is 30.3 Å². The normalized spacial score (nSPS) is 22.0. The summed E-state index contributed by atoms with van der Waals surface area (Å²) >= 11 is 0. The molecule has 0 spiro atoms. The van der Waals surface area contributed by atoms with E-state index in [2.05, 4.69) is 42.6 Å². The van der Waals surface area contributed by atoms with Crippen LogP contribution >= 0.6 is 0 Å². The van der Waals surface area contributed by atoms with Crippen LogP contribution in [0, 0.1) is 0 Å². The maximum absolute atomic E-state index is 12.5. The fourth-order valence-electron chi connectivity index (χ4n) is 3.77. The molecule has 3 nitrogen and oxygen atoms in total. The van der Waals surface area contributed by atoms with E-state index >= 15 is 0 Å². The zero-order chi connectivity index (χ0) is 15.7. The highest BCUT2D eigenvalue weighted by molar-refractivity contribution is 6.95. The summed E-state index contributed by atoms with van der Waals surface area (Å²) in [5.74, 6) is -0.0677. The molecule has 0 bridgehead atoms. The molecule has 21 heavy (non-hydrogen) atoms. The predicted molar refractivity (Wildman–Crippen MR) is 92.4 cm³/mol. The van der Waals surface area contributed by atoms with Crippen molar-refractivity contribution in [3.63, 3.8) is 0 Å². The monoisotopic (exact) mass is 321 g/mol. The quantitative estimate of drug-likeness (QED) is 0.628. The number of hydrogen-bond donors (Lipinski definition) is 0. The van der Waals surface area contributed by atoms with Gasteiger partial charge in [0.15, 0.2) is 0 Å². The van der Waals surface area contributed by atoms with E-state index < -0.39 is 16.5 Å². The van der Waals surface area contributed by atoms with Crippen LogP contribution in [0.1, 0.15) is 5.56 Å². The molecule has 1 aliphatic heterocycles.